The van der Waals surface area contributed by atoms with Crippen molar-refractivity contribution in [3.8, 4) is 11.5 Å². The van der Waals surface area contributed by atoms with Crippen molar-refractivity contribution in [3.05, 3.63) is 54.4 Å². The molecule has 0 spiro atoms. The summed E-state index contributed by atoms with van der Waals surface area (Å²) in [5, 5.41) is 28.2. The van der Waals surface area contributed by atoms with E-state index in [-0.39, 0.29) is 31.6 Å². The van der Waals surface area contributed by atoms with Crippen LogP contribution in [0, 0.1) is 0 Å². The van der Waals surface area contributed by atoms with Crippen LogP contribution in [-0.4, -0.2) is 27.5 Å². The van der Waals surface area contributed by atoms with Gasteiger partial charge in [0.25, 0.3) is 0 Å². The molecule has 10 heteroatoms. The monoisotopic (exact) mass is 481 g/mol. The molecule has 2 aromatic rings. The van der Waals surface area contributed by atoms with E-state index in [1.165, 1.54) is 24.3 Å². The molecule has 0 saturated carbocycles. The van der Waals surface area contributed by atoms with Gasteiger partial charge in [0.15, 0.2) is 11.5 Å². The van der Waals surface area contributed by atoms with E-state index in [1.807, 2.05) is 0 Å². The Morgan fingerprint density at radius 3 is 1.08 bits per heavy atom. The van der Waals surface area contributed by atoms with Crippen molar-refractivity contribution in [3.63, 3.8) is 0 Å². The van der Waals surface area contributed by atoms with Crippen LogP contribution < -0.4 is 5.73 Å². The van der Waals surface area contributed by atoms with E-state index < -0.39 is 5.60 Å². The van der Waals surface area contributed by atoms with Crippen LogP contribution in [0.15, 0.2) is 24.3 Å². The topological polar surface area (TPSA) is 86.7 Å². The molecule has 0 unspecified atom stereocenters. The minimum absolute atomic E-state index is 0.132. The Labute approximate surface area is 182 Å². The fourth-order valence-electron chi connectivity index (χ4n) is 1.07. The number of hydrogen-bond acceptors (Lipinski definition) is 4. The van der Waals surface area contributed by atoms with Crippen LogP contribution in [-0.2, 0) is 0 Å². The van der Waals surface area contributed by atoms with Gasteiger partial charge in [-0.3, -0.25) is 0 Å². The Hall–Kier alpha value is -0.300. The summed E-state index contributed by atoms with van der Waals surface area (Å²) in [6, 6.07) is 5.68. The van der Waals surface area contributed by atoms with Gasteiger partial charge in [-0.25, -0.2) is 0 Å². The number of benzene rings is 2. The Morgan fingerprint density at radius 1 is 0.731 bits per heavy atom. The predicted octanol–water partition coefficient (Wildman–Crippen LogP) is 6.42. The minimum atomic E-state index is -0.681. The van der Waals surface area contributed by atoms with Crippen LogP contribution in [0.2, 0.25) is 30.1 Å². The Kier molecular flexibility index (Phi) is 11.4. The van der Waals surface area contributed by atoms with E-state index in [4.69, 9.17) is 90.7 Å². The second-order valence-electron chi connectivity index (χ2n) is 5.45. The second-order valence-corrected chi connectivity index (χ2v) is 7.95. The molecule has 0 aromatic heterocycles. The van der Waals surface area contributed by atoms with Crippen LogP contribution in [0.5, 0.6) is 11.5 Å². The van der Waals surface area contributed by atoms with Crippen molar-refractivity contribution >= 4 is 69.6 Å². The maximum absolute atomic E-state index is 9.01. The molecule has 4 nitrogen and oxygen atoms in total. The molecule has 26 heavy (non-hydrogen) atoms. The van der Waals surface area contributed by atoms with E-state index >= 15 is 0 Å². The molecule has 0 amide bonds. The third-order valence-electron chi connectivity index (χ3n) is 2.46. The Balaban J connectivity index is 0.000000375. The highest BCUT2D eigenvalue weighted by molar-refractivity contribution is 6.40. The lowest BCUT2D eigenvalue weighted by molar-refractivity contribution is 0.0898. The first kappa shape index (κ1) is 25.7. The summed E-state index contributed by atoms with van der Waals surface area (Å²) in [5.74, 6) is -0.263. The molecule has 0 saturated heterocycles. The molecular formula is C16H17Cl6NO3. The standard InChI is InChI=1S/2C6H3Cl3O.C4H11NO/c2*7-3-1-4(8)6(10)5(9)2-3;1-4(2,6)3-5/h2*1-2,10H;6H,3,5H2,1-2H3. The molecule has 0 radical (unpaired) electrons. The zero-order chi connectivity index (χ0) is 20.7. The maximum Gasteiger partial charge on any atom is 0.152 e. The van der Waals surface area contributed by atoms with E-state index in [9.17, 15) is 0 Å². The summed E-state index contributed by atoms with van der Waals surface area (Å²) < 4.78 is 0. The van der Waals surface area contributed by atoms with Gasteiger partial charge in [0.1, 0.15) is 0 Å². The van der Waals surface area contributed by atoms with Crippen LogP contribution >= 0.6 is 69.6 Å². The van der Waals surface area contributed by atoms with Crippen molar-refractivity contribution in [2.24, 2.45) is 5.73 Å². The molecule has 0 atom stereocenters. The van der Waals surface area contributed by atoms with Gasteiger partial charge in [0, 0.05) is 16.6 Å². The number of hydrogen-bond donors (Lipinski definition) is 4. The van der Waals surface area contributed by atoms with Gasteiger partial charge in [0.05, 0.1) is 25.7 Å². The number of phenols is 2. The molecule has 2 rings (SSSR count). The molecule has 0 bridgehead atoms. The van der Waals surface area contributed by atoms with Gasteiger partial charge in [-0.2, -0.15) is 0 Å². The second kappa shape index (κ2) is 11.5. The third kappa shape index (κ3) is 10.1. The SMILES string of the molecule is CC(C)(O)CN.Oc1c(Cl)cc(Cl)cc1Cl.Oc1c(Cl)cc(Cl)cc1Cl. The Bertz CT molecular complexity index is 633. The molecule has 0 heterocycles. The lowest BCUT2D eigenvalue weighted by Crippen LogP contribution is -2.29. The highest BCUT2D eigenvalue weighted by Gasteiger charge is 2.06. The van der Waals surface area contributed by atoms with Crippen molar-refractivity contribution in [1.29, 1.82) is 0 Å². The number of phenolic OH excluding ortho intramolecular Hbond substituents is 2. The first-order chi connectivity index (χ1) is 11.8. The van der Waals surface area contributed by atoms with Crippen molar-refractivity contribution < 1.29 is 15.3 Å². The van der Waals surface area contributed by atoms with Crippen molar-refractivity contribution in [2.75, 3.05) is 6.54 Å². The summed E-state index contributed by atoms with van der Waals surface area (Å²) in [4.78, 5) is 0. The average molecular weight is 484 g/mol. The molecule has 0 aliphatic carbocycles. The predicted molar refractivity (Wildman–Crippen MR) is 112 cm³/mol. The first-order valence-electron chi connectivity index (χ1n) is 6.88. The quantitative estimate of drug-likeness (QED) is 0.377. The first-order valence-corrected chi connectivity index (χ1v) is 9.14. The maximum atomic E-state index is 9.01. The van der Waals surface area contributed by atoms with Gasteiger partial charge in [-0.1, -0.05) is 69.6 Å². The van der Waals surface area contributed by atoms with E-state index in [2.05, 4.69) is 0 Å². The molecule has 0 aliphatic rings. The third-order valence-corrected chi connectivity index (χ3v) is 4.05. The number of halogens is 6. The summed E-state index contributed by atoms with van der Waals surface area (Å²) >= 11 is 33.1. The average Bonchev–Trinajstić information content (AvgIpc) is 2.50. The van der Waals surface area contributed by atoms with Gasteiger partial charge < -0.3 is 21.1 Å². The zero-order valence-corrected chi connectivity index (χ0v) is 18.2. The molecule has 0 aliphatic heterocycles. The lowest BCUT2D eigenvalue weighted by Gasteiger charge is -2.11. The van der Waals surface area contributed by atoms with Crippen LogP contribution in [0.4, 0.5) is 0 Å². The summed E-state index contributed by atoms with van der Waals surface area (Å²) in [5.41, 5.74) is 4.38. The summed E-state index contributed by atoms with van der Waals surface area (Å²) in [6.45, 7) is 3.67. The molecule has 2 aromatic carbocycles. The molecule has 0 fully saturated rings. The normalized spacial score (nSPS) is 10.4. The van der Waals surface area contributed by atoms with Gasteiger partial charge >= 0.3 is 0 Å². The van der Waals surface area contributed by atoms with Crippen LogP contribution in [0.1, 0.15) is 13.8 Å². The lowest BCUT2D eigenvalue weighted by atomic mass is 10.1. The van der Waals surface area contributed by atoms with Gasteiger partial charge in [-0.05, 0) is 38.1 Å². The largest absolute Gasteiger partial charge is 0.505 e. The van der Waals surface area contributed by atoms with E-state index in [1.54, 1.807) is 13.8 Å². The van der Waals surface area contributed by atoms with Crippen molar-refractivity contribution in [2.45, 2.75) is 19.4 Å². The number of aliphatic hydroxyl groups is 1. The fourth-order valence-corrected chi connectivity index (χ4v) is 2.70. The smallest absolute Gasteiger partial charge is 0.152 e. The highest BCUT2D eigenvalue weighted by atomic mass is 35.5. The molecular weight excluding hydrogens is 467 g/mol. The summed E-state index contributed by atoms with van der Waals surface area (Å²) in [6.07, 6.45) is 0. The Morgan fingerprint density at radius 2 is 0.923 bits per heavy atom. The van der Waals surface area contributed by atoms with Gasteiger partial charge in [0.2, 0.25) is 0 Å². The van der Waals surface area contributed by atoms with Crippen LogP contribution in [0.3, 0.4) is 0 Å². The minimum Gasteiger partial charge on any atom is -0.505 e. The number of rotatable bonds is 1. The zero-order valence-electron chi connectivity index (χ0n) is 13.7. The van der Waals surface area contributed by atoms with E-state index in [0.717, 1.165) is 0 Å². The van der Waals surface area contributed by atoms with Crippen molar-refractivity contribution in [1.82, 2.24) is 0 Å². The van der Waals surface area contributed by atoms with E-state index in [0.29, 0.717) is 16.6 Å². The molecule has 146 valence electrons. The molecule has 5 N–H and O–H groups in total. The van der Waals surface area contributed by atoms with Crippen LogP contribution in [0.25, 0.3) is 0 Å². The highest BCUT2D eigenvalue weighted by Crippen LogP contribution is 2.34. The number of nitrogens with two attached hydrogens (primary N) is 1. The van der Waals surface area contributed by atoms with Gasteiger partial charge in [-0.15, -0.1) is 0 Å². The fraction of sp³-hybridized carbons (Fsp3) is 0.250. The number of aromatic hydroxyl groups is 2. The summed E-state index contributed by atoms with van der Waals surface area (Å²) in [7, 11) is 0.